The minimum absolute atomic E-state index is 0.0399. The van der Waals surface area contributed by atoms with Gasteiger partial charge < -0.3 is 9.97 Å². The van der Waals surface area contributed by atoms with E-state index in [0.717, 1.165) is 89.7 Å². The minimum atomic E-state index is 0.0399. The van der Waals surface area contributed by atoms with Crippen molar-refractivity contribution < 1.29 is 0 Å². The lowest BCUT2D eigenvalue weighted by Gasteiger charge is -2.19. The van der Waals surface area contributed by atoms with Crippen LogP contribution in [-0.2, 0) is 16.2 Å². The minimum Gasteiger partial charge on any atom is -0.354 e. The first kappa shape index (κ1) is 38.8. The number of hydrogen-bond donors (Lipinski definition) is 2. The van der Waals surface area contributed by atoms with E-state index >= 15 is 0 Å². The fraction of sp³-hybridized carbons (Fsp3) is 0.218. The molecule has 3 aromatic heterocycles. The smallest absolute Gasteiger partial charge is 0.0737 e. The molecule has 1 saturated carbocycles. The third-order valence-electron chi connectivity index (χ3n) is 11.8. The Kier molecular flexibility index (Phi) is 9.54. The molecule has 3 aromatic carbocycles. The van der Waals surface area contributed by atoms with Gasteiger partial charge in [-0.1, -0.05) is 135 Å². The number of aromatic amines is 2. The van der Waals surface area contributed by atoms with E-state index in [1.54, 1.807) is 0 Å². The summed E-state index contributed by atoms with van der Waals surface area (Å²) in [6, 6.07) is 35.9. The van der Waals surface area contributed by atoms with Crippen LogP contribution in [0, 0.1) is 31.6 Å². The van der Waals surface area contributed by atoms with Crippen LogP contribution in [-0.4, -0.2) is 19.9 Å². The Hall–Kier alpha value is -5.74. The van der Waals surface area contributed by atoms with Crippen molar-refractivity contribution in [2.75, 3.05) is 0 Å². The maximum Gasteiger partial charge on any atom is 0.0737 e. The molecule has 8 bridgehead atoms. The van der Waals surface area contributed by atoms with E-state index in [-0.39, 0.29) is 16.2 Å². The number of nitrogens with zero attached hydrogens (tertiary/aromatic N) is 2. The van der Waals surface area contributed by atoms with Gasteiger partial charge in [-0.25, -0.2) is 9.97 Å². The molecule has 0 atom stereocenters. The van der Waals surface area contributed by atoms with Crippen LogP contribution in [0.1, 0.15) is 107 Å². The van der Waals surface area contributed by atoms with Gasteiger partial charge in [0.25, 0.3) is 0 Å². The molecule has 1 fully saturated rings. The lowest BCUT2D eigenvalue weighted by molar-refractivity contribution is 0.590. The zero-order valence-corrected chi connectivity index (χ0v) is 35.8. The molecule has 9 rings (SSSR count). The molecule has 5 radical (unpaired) electrons. The molecule has 4 nitrogen and oxygen atoms in total. The first-order chi connectivity index (χ1) is 28.1. The Morgan fingerprint density at radius 2 is 0.627 bits per heavy atom. The third-order valence-corrected chi connectivity index (χ3v) is 11.8. The molecule has 3 aliphatic rings. The lowest BCUT2D eigenvalue weighted by atomic mass is 9.86. The van der Waals surface area contributed by atoms with Gasteiger partial charge in [0.05, 0.1) is 22.8 Å². The number of hydrogen-bond acceptors (Lipinski definition) is 2. The highest BCUT2D eigenvalue weighted by atomic mass is 14.8. The van der Waals surface area contributed by atoms with Crippen molar-refractivity contribution in [3.63, 3.8) is 0 Å². The average Bonchev–Trinajstić information content (AvgIpc) is 4.05. The zero-order valence-electron chi connectivity index (χ0n) is 35.8. The van der Waals surface area contributed by atoms with Gasteiger partial charge in [-0.3, -0.25) is 0 Å². The molecule has 0 unspecified atom stereocenters. The van der Waals surface area contributed by atoms with Crippen LogP contribution in [0.4, 0.5) is 0 Å². The van der Waals surface area contributed by atoms with E-state index in [2.05, 4.69) is 219 Å². The van der Waals surface area contributed by atoms with Gasteiger partial charge in [0.2, 0.25) is 0 Å². The largest absolute Gasteiger partial charge is 0.354 e. The predicted octanol–water partition coefficient (Wildman–Crippen LogP) is 14.3. The number of fused-ring (bicyclic) bond motifs is 8. The van der Waals surface area contributed by atoms with Gasteiger partial charge in [0.15, 0.2) is 0 Å². The molecular formula is C55H53N4. The number of H-pyrrole nitrogens is 2. The lowest BCUT2D eigenvalue weighted by Crippen LogP contribution is -2.10. The SMILES string of the molecule is CC(C)(C)c1ccc(-c2c3nc(c([C]4[CH][CH][CH][CH]4)c4nc(c(-c5ccc(C(C)(C)C)cc5)c5ccc([nH]5)c(-c5ccc(C(C)(C)C)cc5)c5ccc2[nH]5)C=C4)C=C3)cc1. The van der Waals surface area contributed by atoms with Crippen LogP contribution in [0.5, 0.6) is 0 Å². The van der Waals surface area contributed by atoms with Gasteiger partial charge in [-0.05, 0) is 124 Å². The molecule has 6 aromatic rings. The second-order valence-corrected chi connectivity index (χ2v) is 19.2. The molecule has 0 saturated heterocycles. The van der Waals surface area contributed by atoms with Crippen LogP contribution < -0.4 is 0 Å². The van der Waals surface area contributed by atoms with Crippen molar-refractivity contribution in [3.8, 4) is 33.4 Å². The van der Waals surface area contributed by atoms with Crippen molar-refractivity contribution in [1.82, 2.24) is 19.9 Å². The summed E-state index contributed by atoms with van der Waals surface area (Å²) in [5.74, 6) is 1.09. The van der Waals surface area contributed by atoms with E-state index < -0.39 is 0 Å². The summed E-state index contributed by atoms with van der Waals surface area (Å²) in [6.07, 6.45) is 17.1. The molecule has 2 N–H and O–H groups in total. The van der Waals surface area contributed by atoms with E-state index in [1.807, 2.05) is 0 Å². The fourth-order valence-corrected chi connectivity index (χ4v) is 8.37. The van der Waals surface area contributed by atoms with E-state index in [1.165, 1.54) is 16.7 Å². The summed E-state index contributed by atoms with van der Waals surface area (Å²) in [6.45, 7) is 20.3. The third kappa shape index (κ3) is 7.43. The highest BCUT2D eigenvalue weighted by Gasteiger charge is 2.27. The molecule has 1 aliphatic carbocycles. The van der Waals surface area contributed by atoms with Gasteiger partial charge in [0, 0.05) is 50.2 Å². The predicted molar refractivity (Wildman–Crippen MR) is 251 cm³/mol. The Morgan fingerprint density at radius 1 is 0.339 bits per heavy atom. The molecule has 2 aliphatic heterocycles. The van der Waals surface area contributed by atoms with Gasteiger partial charge >= 0.3 is 0 Å². The summed E-state index contributed by atoms with van der Waals surface area (Å²) in [5.41, 5.74) is 19.2. The second kappa shape index (κ2) is 14.5. The number of rotatable bonds is 4. The monoisotopic (exact) mass is 769 g/mol. The van der Waals surface area contributed by atoms with Gasteiger partial charge in [0.1, 0.15) is 0 Å². The number of aromatic nitrogens is 4. The van der Waals surface area contributed by atoms with Crippen LogP contribution in [0.3, 0.4) is 0 Å². The molecular weight excluding hydrogens is 717 g/mol. The first-order valence-corrected chi connectivity index (χ1v) is 20.8. The first-order valence-electron chi connectivity index (χ1n) is 20.8. The Morgan fingerprint density at radius 3 is 0.949 bits per heavy atom. The molecule has 0 spiro atoms. The maximum atomic E-state index is 5.45. The zero-order chi connectivity index (χ0) is 41.3. The second-order valence-electron chi connectivity index (χ2n) is 19.2. The van der Waals surface area contributed by atoms with Crippen LogP contribution in [0.25, 0.3) is 79.8 Å². The molecule has 59 heavy (non-hydrogen) atoms. The summed E-state index contributed by atoms with van der Waals surface area (Å²) < 4.78 is 0. The van der Waals surface area contributed by atoms with Gasteiger partial charge in [-0.2, -0.15) is 0 Å². The summed E-state index contributed by atoms with van der Waals surface area (Å²) in [7, 11) is 0. The average molecular weight is 770 g/mol. The molecule has 4 heteroatoms. The van der Waals surface area contributed by atoms with Crippen molar-refractivity contribution >= 4 is 46.4 Å². The highest BCUT2D eigenvalue weighted by molar-refractivity contribution is 5.99. The molecule has 293 valence electrons. The number of nitrogens with one attached hydrogen (secondary N) is 2. The molecule has 5 heterocycles. The van der Waals surface area contributed by atoms with Crippen molar-refractivity contribution in [2.24, 2.45) is 0 Å². The highest BCUT2D eigenvalue weighted by Crippen LogP contribution is 2.41. The summed E-state index contributed by atoms with van der Waals surface area (Å²) >= 11 is 0. The van der Waals surface area contributed by atoms with Gasteiger partial charge in [-0.15, -0.1) is 0 Å². The van der Waals surface area contributed by atoms with Crippen LogP contribution in [0.2, 0.25) is 0 Å². The standard InChI is InChI=1S/C55H53N4/c1-53(2,3)38-20-14-35(15-21-38)50-43-28-26-41(56-43)49(34-12-10-11-13-34)42-27-29-44(57-42)51(36-16-22-39(23-17-36)54(4,5)6)46-31-33-48(59-46)52(47-32-30-45(50)58-47)37-18-24-40(25-19-37)55(7,8)9/h10-33,58-59H,1-9H3. The fourth-order valence-electron chi connectivity index (χ4n) is 8.37. The van der Waals surface area contributed by atoms with E-state index in [0.29, 0.717) is 0 Å². The Balaban J connectivity index is 1.40. The van der Waals surface area contributed by atoms with E-state index in [4.69, 9.17) is 9.97 Å². The van der Waals surface area contributed by atoms with Crippen molar-refractivity contribution in [2.45, 2.75) is 78.6 Å². The summed E-state index contributed by atoms with van der Waals surface area (Å²) in [5, 5.41) is 0. The normalized spacial score (nSPS) is 14.7. The Bertz CT molecular complexity index is 2620. The van der Waals surface area contributed by atoms with Crippen LogP contribution >= 0.6 is 0 Å². The van der Waals surface area contributed by atoms with Crippen molar-refractivity contribution in [3.05, 3.63) is 174 Å². The molecule has 0 amide bonds. The maximum absolute atomic E-state index is 5.45. The topological polar surface area (TPSA) is 57.4 Å². The quantitative estimate of drug-likeness (QED) is 0.187. The Labute approximate surface area is 350 Å². The number of benzene rings is 3. The van der Waals surface area contributed by atoms with Crippen molar-refractivity contribution in [1.29, 1.82) is 0 Å². The van der Waals surface area contributed by atoms with E-state index in [9.17, 15) is 0 Å². The summed E-state index contributed by atoms with van der Waals surface area (Å²) in [4.78, 5) is 18.7. The van der Waals surface area contributed by atoms with Crippen LogP contribution in [0.15, 0.2) is 97.1 Å².